The molecule has 1 aromatic heterocycles. The lowest BCUT2D eigenvalue weighted by Crippen LogP contribution is -3.28. The van der Waals surface area contributed by atoms with E-state index in [0.29, 0.717) is 17.4 Å². The molecule has 0 bridgehead atoms. The summed E-state index contributed by atoms with van der Waals surface area (Å²) in [6.07, 6.45) is 1.61. The highest BCUT2D eigenvalue weighted by molar-refractivity contribution is 6.32. The molecule has 3 N–H and O–H groups in total. The maximum absolute atomic E-state index is 12.2. The number of anilines is 1. The highest BCUT2D eigenvalue weighted by Crippen LogP contribution is 2.16. The lowest BCUT2D eigenvalue weighted by molar-refractivity contribution is -1.02. The lowest BCUT2D eigenvalue weighted by Gasteiger charge is -2.29. The highest BCUT2D eigenvalue weighted by atomic mass is 35.5. The fraction of sp³-hybridized carbons (Fsp3) is 0.333. The van der Waals surface area contributed by atoms with Crippen molar-refractivity contribution in [1.29, 1.82) is 0 Å². The zero-order chi connectivity index (χ0) is 16.8. The summed E-state index contributed by atoms with van der Waals surface area (Å²) >= 11 is 5.97. The topological polar surface area (TPSA) is 50.9 Å². The zero-order valence-corrected chi connectivity index (χ0v) is 14.4. The molecule has 1 aliphatic rings. The minimum Gasteiger partial charge on any atom is -0.322 e. The van der Waals surface area contributed by atoms with E-state index in [1.54, 1.807) is 23.2 Å². The van der Waals surface area contributed by atoms with Gasteiger partial charge in [0.1, 0.15) is 32.7 Å². The van der Waals surface area contributed by atoms with Crippen LogP contribution >= 0.6 is 11.6 Å². The normalized spacial score (nSPS) is 20.5. The van der Waals surface area contributed by atoms with E-state index in [2.05, 4.69) is 34.6 Å². The van der Waals surface area contributed by atoms with Crippen molar-refractivity contribution in [2.75, 3.05) is 38.0 Å². The fourth-order valence-corrected chi connectivity index (χ4v) is 3.26. The molecule has 1 saturated heterocycles. The van der Waals surface area contributed by atoms with Crippen LogP contribution in [0.3, 0.4) is 0 Å². The molecule has 1 amide bonds. The summed E-state index contributed by atoms with van der Waals surface area (Å²) in [5.74, 6) is -0.00795. The van der Waals surface area contributed by atoms with E-state index < -0.39 is 0 Å². The van der Waals surface area contributed by atoms with Crippen molar-refractivity contribution in [3.8, 4) is 0 Å². The number of benzene rings is 1. The average Bonchev–Trinajstić information content (AvgIpc) is 2.60. The van der Waals surface area contributed by atoms with Crippen molar-refractivity contribution in [3.05, 3.63) is 59.4 Å². The third kappa shape index (κ3) is 4.77. The SMILES string of the molecule is O=C(C[NH+]1CC[NH+](Cc2ccccc2)CC1)Nc1cccnc1Cl. The number of nitrogens with zero attached hydrogens (tertiary/aromatic N) is 1. The molecular weight excluding hydrogens is 324 g/mol. The van der Waals surface area contributed by atoms with Gasteiger partial charge in [-0.15, -0.1) is 0 Å². The van der Waals surface area contributed by atoms with Gasteiger partial charge in [0.25, 0.3) is 5.91 Å². The Bertz CT molecular complexity index is 672. The second-order valence-corrected chi connectivity index (χ2v) is 6.59. The minimum atomic E-state index is -0.00795. The van der Waals surface area contributed by atoms with Crippen molar-refractivity contribution in [1.82, 2.24) is 4.98 Å². The van der Waals surface area contributed by atoms with E-state index in [1.807, 2.05) is 6.07 Å². The number of rotatable bonds is 5. The monoisotopic (exact) mass is 346 g/mol. The number of amides is 1. The second kappa shape index (κ2) is 8.24. The molecule has 0 unspecified atom stereocenters. The van der Waals surface area contributed by atoms with Crippen LogP contribution in [0.4, 0.5) is 5.69 Å². The first-order valence-corrected chi connectivity index (χ1v) is 8.70. The molecule has 3 rings (SSSR count). The molecule has 126 valence electrons. The van der Waals surface area contributed by atoms with Crippen molar-refractivity contribution in [3.63, 3.8) is 0 Å². The number of carbonyl (C=O) groups excluding carboxylic acids is 1. The van der Waals surface area contributed by atoms with E-state index in [-0.39, 0.29) is 5.91 Å². The number of hydrogen-bond donors (Lipinski definition) is 3. The van der Waals surface area contributed by atoms with Crippen LogP contribution in [0, 0.1) is 0 Å². The lowest BCUT2D eigenvalue weighted by atomic mass is 10.2. The van der Waals surface area contributed by atoms with Gasteiger partial charge in [-0.1, -0.05) is 41.9 Å². The maximum Gasteiger partial charge on any atom is 0.279 e. The fourth-order valence-electron chi connectivity index (χ4n) is 3.10. The predicted molar refractivity (Wildman–Crippen MR) is 94.3 cm³/mol. The minimum absolute atomic E-state index is 0.00795. The number of quaternary nitrogens is 2. The van der Waals surface area contributed by atoms with Crippen molar-refractivity contribution in [2.45, 2.75) is 6.54 Å². The molecule has 0 spiro atoms. The molecule has 0 saturated carbocycles. The van der Waals surface area contributed by atoms with Gasteiger partial charge in [0.05, 0.1) is 5.69 Å². The van der Waals surface area contributed by atoms with Crippen LogP contribution in [-0.2, 0) is 11.3 Å². The molecule has 0 atom stereocenters. The number of aromatic nitrogens is 1. The Morgan fingerprint density at radius 3 is 2.46 bits per heavy atom. The number of hydrogen-bond acceptors (Lipinski definition) is 2. The summed E-state index contributed by atoms with van der Waals surface area (Å²) in [4.78, 5) is 19.1. The first-order valence-electron chi connectivity index (χ1n) is 8.32. The van der Waals surface area contributed by atoms with Crippen LogP contribution in [0.25, 0.3) is 0 Å². The van der Waals surface area contributed by atoms with Crippen LogP contribution in [-0.4, -0.2) is 43.6 Å². The first kappa shape index (κ1) is 16.9. The Kier molecular flexibility index (Phi) is 5.80. The Hall–Kier alpha value is -1.95. The van der Waals surface area contributed by atoms with Crippen LogP contribution < -0.4 is 15.1 Å². The van der Waals surface area contributed by atoms with Gasteiger partial charge >= 0.3 is 0 Å². The Labute approximate surface area is 147 Å². The van der Waals surface area contributed by atoms with Gasteiger partial charge in [0.2, 0.25) is 0 Å². The number of piperazine rings is 1. The van der Waals surface area contributed by atoms with Crippen LogP contribution in [0.15, 0.2) is 48.7 Å². The third-order valence-corrected chi connectivity index (χ3v) is 4.71. The quantitative estimate of drug-likeness (QED) is 0.649. The molecule has 6 heteroatoms. The van der Waals surface area contributed by atoms with Gasteiger partial charge in [-0.25, -0.2) is 4.98 Å². The Morgan fingerprint density at radius 1 is 1.04 bits per heavy atom. The Balaban J connectivity index is 1.43. The highest BCUT2D eigenvalue weighted by Gasteiger charge is 2.25. The van der Waals surface area contributed by atoms with Gasteiger partial charge in [-0.3, -0.25) is 4.79 Å². The predicted octanol–water partition coefficient (Wildman–Crippen LogP) is -0.343. The molecule has 2 aromatic rings. The van der Waals surface area contributed by atoms with E-state index in [4.69, 9.17) is 11.6 Å². The Morgan fingerprint density at radius 2 is 1.75 bits per heavy atom. The summed E-state index contributed by atoms with van der Waals surface area (Å²) in [5, 5.41) is 3.18. The summed E-state index contributed by atoms with van der Waals surface area (Å²) in [6, 6.07) is 14.1. The molecule has 0 radical (unpaired) electrons. The zero-order valence-electron chi connectivity index (χ0n) is 13.6. The average molecular weight is 347 g/mol. The largest absolute Gasteiger partial charge is 0.322 e. The summed E-state index contributed by atoms with van der Waals surface area (Å²) in [5.41, 5.74) is 1.96. The van der Waals surface area contributed by atoms with E-state index in [0.717, 1.165) is 32.7 Å². The number of halogens is 1. The van der Waals surface area contributed by atoms with Gasteiger partial charge < -0.3 is 15.1 Å². The smallest absolute Gasteiger partial charge is 0.279 e. The van der Waals surface area contributed by atoms with Gasteiger partial charge in [0.15, 0.2) is 11.7 Å². The van der Waals surface area contributed by atoms with Crippen molar-refractivity contribution >= 4 is 23.2 Å². The van der Waals surface area contributed by atoms with Crippen molar-refractivity contribution < 1.29 is 14.6 Å². The van der Waals surface area contributed by atoms with E-state index in [9.17, 15) is 4.79 Å². The van der Waals surface area contributed by atoms with E-state index in [1.165, 1.54) is 10.5 Å². The number of pyridine rings is 1. The molecular formula is C18H23ClN4O+2. The van der Waals surface area contributed by atoms with Crippen LogP contribution in [0.2, 0.25) is 5.15 Å². The maximum atomic E-state index is 12.2. The third-order valence-electron chi connectivity index (χ3n) is 4.40. The standard InChI is InChI=1S/C18H21ClN4O/c19-18-16(7-4-8-20-18)21-17(24)14-23-11-9-22(10-12-23)13-15-5-2-1-3-6-15/h1-8H,9-14H2,(H,21,24)/p+2. The molecule has 1 aromatic carbocycles. The van der Waals surface area contributed by atoms with Crippen LogP contribution in [0.1, 0.15) is 5.56 Å². The second-order valence-electron chi connectivity index (χ2n) is 6.23. The van der Waals surface area contributed by atoms with Crippen LogP contribution in [0.5, 0.6) is 0 Å². The molecule has 1 fully saturated rings. The summed E-state index contributed by atoms with van der Waals surface area (Å²) in [7, 11) is 0. The molecule has 24 heavy (non-hydrogen) atoms. The summed E-state index contributed by atoms with van der Waals surface area (Å²) < 4.78 is 0. The van der Waals surface area contributed by atoms with Gasteiger partial charge in [-0.2, -0.15) is 0 Å². The molecule has 1 aliphatic heterocycles. The van der Waals surface area contributed by atoms with Gasteiger partial charge in [0, 0.05) is 11.8 Å². The van der Waals surface area contributed by atoms with Gasteiger partial charge in [-0.05, 0) is 12.1 Å². The first-order chi connectivity index (χ1) is 11.7. The molecule has 2 heterocycles. The molecule has 5 nitrogen and oxygen atoms in total. The van der Waals surface area contributed by atoms with E-state index >= 15 is 0 Å². The molecule has 0 aliphatic carbocycles. The number of nitrogens with one attached hydrogen (secondary N) is 3. The number of carbonyl (C=O) groups is 1. The van der Waals surface area contributed by atoms with Crippen molar-refractivity contribution in [2.24, 2.45) is 0 Å². The summed E-state index contributed by atoms with van der Waals surface area (Å²) in [6.45, 7) is 5.73.